The Morgan fingerprint density at radius 2 is 2.23 bits per heavy atom. The van der Waals surface area contributed by atoms with Crippen LogP contribution in [0, 0.1) is 5.82 Å². The Morgan fingerprint density at radius 3 is 2.86 bits per heavy atom. The number of nitrogens with two attached hydrogens (primary N) is 1. The first-order valence-corrected chi connectivity index (χ1v) is 7.96. The van der Waals surface area contributed by atoms with Gasteiger partial charge < -0.3 is 15.8 Å². The van der Waals surface area contributed by atoms with Crippen LogP contribution < -0.4 is 11.1 Å². The fourth-order valence-corrected chi connectivity index (χ4v) is 2.73. The van der Waals surface area contributed by atoms with Crippen molar-refractivity contribution in [2.75, 3.05) is 13.1 Å². The summed E-state index contributed by atoms with van der Waals surface area (Å²) in [6, 6.07) is 5.02. The molecule has 1 aliphatic heterocycles. The molecule has 2 rings (SSSR count). The van der Waals surface area contributed by atoms with Gasteiger partial charge in [0.2, 0.25) is 5.91 Å². The van der Waals surface area contributed by atoms with Gasteiger partial charge in [-0.1, -0.05) is 22.0 Å². The van der Waals surface area contributed by atoms with Crippen molar-refractivity contribution in [1.82, 2.24) is 5.32 Å². The molecule has 0 saturated carbocycles. The molecule has 0 bridgehead atoms. The zero-order valence-corrected chi connectivity index (χ0v) is 14.6. The van der Waals surface area contributed by atoms with E-state index in [1.165, 1.54) is 6.07 Å². The first kappa shape index (κ1) is 19.4. The van der Waals surface area contributed by atoms with E-state index in [0.29, 0.717) is 31.5 Å². The minimum absolute atomic E-state index is 0. The molecule has 0 radical (unpaired) electrons. The summed E-state index contributed by atoms with van der Waals surface area (Å²) in [7, 11) is 0. The summed E-state index contributed by atoms with van der Waals surface area (Å²) in [5.41, 5.74) is 6.17. The van der Waals surface area contributed by atoms with Crippen LogP contribution >= 0.6 is 28.3 Å². The zero-order valence-electron chi connectivity index (χ0n) is 12.2. The first-order valence-electron chi connectivity index (χ1n) is 7.17. The molecule has 0 aliphatic carbocycles. The quantitative estimate of drug-likeness (QED) is 0.728. The number of halogens is 3. The lowest BCUT2D eigenvalue weighted by Gasteiger charge is -2.12. The maximum atomic E-state index is 13.6. The minimum atomic E-state index is -0.386. The number of ether oxygens (including phenoxy) is 1. The Morgan fingerprint density at radius 1 is 1.45 bits per heavy atom. The SMILES string of the molecule is Cl.NC[C@H]1CC[C@@H](C(=O)NCCCc2ccc(Br)cc2F)O1. The highest BCUT2D eigenvalue weighted by molar-refractivity contribution is 9.10. The molecule has 1 aromatic carbocycles. The van der Waals surface area contributed by atoms with E-state index in [1.807, 2.05) is 6.07 Å². The highest BCUT2D eigenvalue weighted by Gasteiger charge is 2.29. The van der Waals surface area contributed by atoms with Crippen molar-refractivity contribution in [3.05, 3.63) is 34.1 Å². The molecule has 2 atom stereocenters. The highest BCUT2D eigenvalue weighted by Crippen LogP contribution is 2.19. The summed E-state index contributed by atoms with van der Waals surface area (Å²) in [6.45, 7) is 0.966. The Balaban J connectivity index is 0.00000242. The van der Waals surface area contributed by atoms with Crippen molar-refractivity contribution >= 4 is 34.2 Å². The molecule has 1 heterocycles. The molecule has 3 N–H and O–H groups in total. The number of nitrogens with one attached hydrogen (secondary N) is 1. The Kier molecular flexibility index (Phi) is 8.31. The van der Waals surface area contributed by atoms with Gasteiger partial charge in [-0.05, 0) is 43.4 Å². The van der Waals surface area contributed by atoms with E-state index in [2.05, 4.69) is 21.2 Å². The van der Waals surface area contributed by atoms with Crippen LogP contribution in [0.2, 0.25) is 0 Å². The van der Waals surface area contributed by atoms with Gasteiger partial charge in [-0.2, -0.15) is 0 Å². The molecule has 1 aromatic rings. The van der Waals surface area contributed by atoms with E-state index in [0.717, 1.165) is 17.3 Å². The van der Waals surface area contributed by atoms with Crippen LogP contribution in [0.3, 0.4) is 0 Å². The molecule has 1 aliphatic rings. The second-order valence-corrected chi connectivity index (χ2v) is 6.11. The van der Waals surface area contributed by atoms with Gasteiger partial charge in [0.05, 0.1) is 6.10 Å². The molecule has 7 heteroatoms. The van der Waals surface area contributed by atoms with Gasteiger partial charge in [-0.15, -0.1) is 12.4 Å². The van der Waals surface area contributed by atoms with Gasteiger partial charge >= 0.3 is 0 Å². The predicted octanol–water partition coefficient (Wildman–Crippen LogP) is 2.57. The summed E-state index contributed by atoms with van der Waals surface area (Å²) in [5.74, 6) is -0.317. The van der Waals surface area contributed by atoms with Crippen molar-refractivity contribution in [2.24, 2.45) is 5.73 Å². The molecule has 1 amide bonds. The van der Waals surface area contributed by atoms with E-state index in [-0.39, 0.29) is 36.3 Å². The normalized spacial score (nSPS) is 20.5. The fourth-order valence-electron chi connectivity index (χ4n) is 2.40. The summed E-state index contributed by atoms with van der Waals surface area (Å²) in [4.78, 5) is 11.9. The lowest BCUT2D eigenvalue weighted by atomic mass is 10.1. The average Bonchev–Trinajstić information content (AvgIpc) is 2.94. The largest absolute Gasteiger partial charge is 0.364 e. The van der Waals surface area contributed by atoms with Crippen LogP contribution in [0.1, 0.15) is 24.8 Å². The molecular weight excluding hydrogens is 375 g/mol. The van der Waals surface area contributed by atoms with Gasteiger partial charge in [0.25, 0.3) is 0 Å². The van der Waals surface area contributed by atoms with E-state index in [4.69, 9.17) is 10.5 Å². The van der Waals surface area contributed by atoms with Crippen molar-refractivity contribution in [3.63, 3.8) is 0 Å². The standard InChI is InChI=1S/C15H20BrFN2O2.ClH/c16-11-4-3-10(13(17)8-11)2-1-7-19-15(20)14-6-5-12(9-18)21-14;/h3-4,8,12,14H,1-2,5-7,9,18H2,(H,19,20);1H/t12-,14+;/m1./s1. The van der Waals surface area contributed by atoms with E-state index in [9.17, 15) is 9.18 Å². The zero-order chi connectivity index (χ0) is 15.2. The topological polar surface area (TPSA) is 64.4 Å². The molecule has 0 spiro atoms. The van der Waals surface area contributed by atoms with Crippen molar-refractivity contribution in [2.45, 2.75) is 37.9 Å². The third-order valence-electron chi connectivity index (χ3n) is 3.60. The monoisotopic (exact) mass is 394 g/mol. The Labute approximate surface area is 144 Å². The molecule has 22 heavy (non-hydrogen) atoms. The van der Waals surface area contributed by atoms with E-state index in [1.54, 1.807) is 6.07 Å². The Bertz CT molecular complexity index is 504. The molecule has 1 fully saturated rings. The fraction of sp³-hybridized carbons (Fsp3) is 0.533. The number of carbonyl (C=O) groups is 1. The maximum absolute atomic E-state index is 13.6. The van der Waals surface area contributed by atoms with E-state index < -0.39 is 0 Å². The molecule has 0 unspecified atom stereocenters. The predicted molar refractivity (Wildman–Crippen MR) is 89.6 cm³/mol. The summed E-state index contributed by atoms with van der Waals surface area (Å²) >= 11 is 3.23. The number of rotatable bonds is 6. The van der Waals surface area contributed by atoms with Crippen LogP contribution in [-0.4, -0.2) is 31.2 Å². The van der Waals surface area contributed by atoms with Gasteiger partial charge in [-0.3, -0.25) is 4.79 Å². The molecule has 1 saturated heterocycles. The van der Waals surface area contributed by atoms with Crippen molar-refractivity contribution in [1.29, 1.82) is 0 Å². The summed E-state index contributed by atoms with van der Waals surface area (Å²) in [6.07, 6.45) is 2.45. The lowest BCUT2D eigenvalue weighted by molar-refractivity contribution is -0.131. The molecular formula is C15H21BrClFN2O2. The molecule has 124 valence electrons. The summed E-state index contributed by atoms with van der Waals surface area (Å²) < 4.78 is 19.9. The van der Waals surface area contributed by atoms with Crippen LogP contribution in [0.15, 0.2) is 22.7 Å². The third-order valence-corrected chi connectivity index (χ3v) is 4.09. The lowest BCUT2D eigenvalue weighted by Crippen LogP contribution is -2.36. The van der Waals surface area contributed by atoms with Gasteiger partial charge in [0, 0.05) is 17.6 Å². The van der Waals surface area contributed by atoms with Crippen LogP contribution in [-0.2, 0) is 16.0 Å². The first-order chi connectivity index (χ1) is 10.1. The van der Waals surface area contributed by atoms with Crippen molar-refractivity contribution in [3.8, 4) is 0 Å². The summed E-state index contributed by atoms with van der Waals surface area (Å²) in [5, 5.41) is 2.83. The van der Waals surface area contributed by atoms with E-state index >= 15 is 0 Å². The number of hydrogen-bond donors (Lipinski definition) is 2. The van der Waals surface area contributed by atoms with Gasteiger partial charge in [0.15, 0.2) is 0 Å². The number of benzene rings is 1. The Hall–Kier alpha value is -0.690. The number of amides is 1. The third kappa shape index (κ3) is 5.50. The number of aryl methyl sites for hydroxylation is 1. The van der Waals surface area contributed by atoms with Gasteiger partial charge in [-0.25, -0.2) is 4.39 Å². The second-order valence-electron chi connectivity index (χ2n) is 5.19. The van der Waals surface area contributed by atoms with Gasteiger partial charge in [0.1, 0.15) is 11.9 Å². The second kappa shape index (κ2) is 9.45. The minimum Gasteiger partial charge on any atom is -0.364 e. The number of hydrogen-bond acceptors (Lipinski definition) is 3. The van der Waals surface area contributed by atoms with Crippen molar-refractivity contribution < 1.29 is 13.9 Å². The maximum Gasteiger partial charge on any atom is 0.249 e. The van der Waals surface area contributed by atoms with Crippen LogP contribution in [0.4, 0.5) is 4.39 Å². The van der Waals surface area contributed by atoms with Crippen LogP contribution in [0.5, 0.6) is 0 Å². The molecule has 4 nitrogen and oxygen atoms in total. The molecule has 0 aromatic heterocycles. The smallest absolute Gasteiger partial charge is 0.249 e. The number of carbonyl (C=O) groups excluding carboxylic acids is 1. The average molecular weight is 396 g/mol. The highest BCUT2D eigenvalue weighted by atomic mass is 79.9. The van der Waals surface area contributed by atoms with Crippen LogP contribution in [0.25, 0.3) is 0 Å².